The van der Waals surface area contributed by atoms with E-state index in [2.05, 4.69) is 5.14 Å². The van der Waals surface area contributed by atoms with E-state index in [9.17, 15) is 9.59 Å². The molecular weight excluding hydrogens is 202 g/mol. The van der Waals surface area contributed by atoms with Crippen molar-refractivity contribution in [3.05, 3.63) is 0 Å². The molecule has 0 bridgehead atoms. The molecule has 80 valence electrons. The van der Waals surface area contributed by atoms with Gasteiger partial charge in [-0.15, -0.1) is 0 Å². The van der Waals surface area contributed by atoms with Gasteiger partial charge in [-0.1, -0.05) is 0 Å². The van der Waals surface area contributed by atoms with Crippen molar-refractivity contribution in [3.8, 4) is 0 Å². The second-order valence-electron chi connectivity index (χ2n) is 1.75. The summed E-state index contributed by atoms with van der Waals surface area (Å²) in [6.07, 6.45) is 0. The van der Waals surface area contributed by atoms with Crippen molar-refractivity contribution in [1.29, 1.82) is 0 Å². The summed E-state index contributed by atoms with van der Waals surface area (Å²) in [7, 11) is -4.17. The van der Waals surface area contributed by atoms with Crippen LogP contribution in [0.15, 0.2) is 0 Å². The Balaban J connectivity index is -0.000000150. The third-order valence-corrected chi connectivity index (χ3v) is 0.352. The average Bonchev–Trinajstić information content (AvgIpc) is 1.52. The van der Waals surface area contributed by atoms with Gasteiger partial charge in [0.2, 0.25) is 11.8 Å². The predicted molar refractivity (Wildman–Crippen MR) is 45.3 cm³/mol. The molecule has 0 aliphatic rings. The minimum atomic E-state index is -4.17. The number of carbonyl (C=O) groups is 2. The van der Waals surface area contributed by atoms with Crippen LogP contribution in [0.3, 0.4) is 0 Å². The SMILES string of the molecule is CC(=O)NC(C)=O.N.NS(=O)(=O)O. The summed E-state index contributed by atoms with van der Waals surface area (Å²) in [4.78, 5) is 19.8. The van der Waals surface area contributed by atoms with Crippen molar-refractivity contribution in [1.82, 2.24) is 11.5 Å². The van der Waals surface area contributed by atoms with Crippen molar-refractivity contribution in [3.63, 3.8) is 0 Å². The third kappa shape index (κ3) is 100. The van der Waals surface area contributed by atoms with Crippen molar-refractivity contribution in [2.45, 2.75) is 13.8 Å². The Morgan fingerprint density at radius 1 is 1.23 bits per heavy atom. The van der Waals surface area contributed by atoms with E-state index >= 15 is 0 Å². The summed E-state index contributed by atoms with van der Waals surface area (Å²) in [6, 6.07) is 0. The van der Waals surface area contributed by atoms with E-state index in [1.807, 2.05) is 5.32 Å². The van der Waals surface area contributed by atoms with Gasteiger partial charge in [-0.2, -0.15) is 8.42 Å². The fourth-order valence-corrected chi connectivity index (χ4v) is 0.248. The molecule has 2 amide bonds. The quantitative estimate of drug-likeness (QED) is 0.362. The highest BCUT2D eigenvalue weighted by Gasteiger charge is 1.90. The van der Waals surface area contributed by atoms with Crippen LogP contribution in [0.5, 0.6) is 0 Å². The zero-order valence-corrected chi connectivity index (χ0v) is 8.09. The zero-order valence-electron chi connectivity index (χ0n) is 7.27. The Labute approximate surface area is 76.0 Å². The van der Waals surface area contributed by atoms with E-state index in [1.54, 1.807) is 0 Å². The van der Waals surface area contributed by atoms with E-state index in [4.69, 9.17) is 13.0 Å². The lowest BCUT2D eigenvalue weighted by atomic mass is 10.6. The Morgan fingerprint density at radius 2 is 1.38 bits per heavy atom. The molecule has 9 heteroatoms. The van der Waals surface area contributed by atoms with Gasteiger partial charge in [0.25, 0.3) is 0 Å². The first-order valence-corrected chi connectivity index (χ1v) is 4.16. The molecular formula is C4H13N3O5S. The number of imide groups is 1. The largest absolute Gasteiger partial charge is 0.344 e. The third-order valence-electron chi connectivity index (χ3n) is 0.352. The summed E-state index contributed by atoms with van der Waals surface area (Å²) in [6.45, 7) is 2.59. The number of nitrogens with one attached hydrogen (secondary N) is 1. The summed E-state index contributed by atoms with van der Waals surface area (Å²) in [5, 5.41) is 5.91. The highest BCUT2D eigenvalue weighted by molar-refractivity contribution is 7.83. The molecule has 0 rings (SSSR count). The molecule has 0 aliphatic heterocycles. The van der Waals surface area contributed by atoms with Gasteiger partial charge in [-0.3, -0.25) is 19.5 Å². The molecule has 0 saturated carbocycles. The highest BCUT2D eigenvalue weighted by Crippen LogP contribution is 1.58. The number of rotatable bonds is 0. The lowest BCUT2D eigenvalue weighted by molar-refractivity contribution is -0.127. The second kappa shape index (κ2) is 7.61. The van der Waals surface area contributed by atoms with Gasteiger partial charge in [-0.05, 0) is 0 Å². The van der Waals surface area contributed by atoms with Crippen LogP contribution >= 0.6 is 0 Å². The van der Waals surface area contributed by atoms with Crippen LogP contribution in [0, 0.1) is 0 Å². The minimum Gasteiger partial charge on any atom is -0.344 e. The van der Waals surface area contributed by atoms with Gasteiger partial charge >= 0.3 is 10.3 Å². The normalized spacial score (nSPS) is 8.62. The molecule has 0 aliphatic carbocycles. The second-order valence-corrected chi connectivity index (χ2v) is 2.78. The lowest BCUT2D eigenvalue weighted by Gasteiger charge is -1.88. The van der Waals surface area contributed by atoms with Gasteiger partial charge in [0, 0.05) is 13.8 Å². The Hall–Kier alpha value is -1.03. The highest BCUT2D eigenvalue weighted by atomic mass is 32.2. The van der Waals surface area contributed by atoms with Crippen LogP contribution in [0.2, 0.25) is 0 Å². The Morgan fingerprint density at radius 3 is 1.38 bits per heavy atom. The molecule has 0 radical (unpaired) electrons. The average molecular weight is 215 g/mol. The molecule has 0 unspecified atom stereocenters. The molecule has 8 nitrogen and oxygen atoms in total. The maximum Gasteiger partial charge on any atom is 0.330 e. The van der Waals surface area contributed by atoms with Gasteiger partial charge < -0.3 is 6.15 Å². The monoisotopic (exact) mass is 215 g/mol. The molecule has 0 fully saturated rings. The van der Waals surface area contributed by atoms with E-state index in [1.165, 1.54) is 13.8 Å². The number of hydrogen-bond donors (Lipinski definition) is 4. The van der Waals surface area contributed by atoms with Crippen LogP contribution in [-0.4, -0.2) is 24.8 Å². The molecule has 0 heterocycles. The fraction of sp³-hybridized carbons (Fsp3) is 0.500. The Bertz CT molecular complexity index is 239. The van der Waals surface area contributed by atoms with Crippen molar-refractivity contribution >= 4 is 22.1 Å². The zero-order chi connectivity index (χ0) is 10.4. The fourth-order valence-electron chi connectivity index (χ4n) is 0.248. The van der Waals surface area contributed by atoms with Gasteiger partial charge in [0.1, 0.15) is 0 Å². The van der Waals surface area contributed by atoms with Crippen LogP contribution in [0.4, 0.5) is 0 Å². The smallest absolute Gasteiger partial charge is 0.330 e. The van der Waals surface area contributed by atoms with Crippen LogP contribution < -0.4 is 16.6 Å². The van der Waals surface area contributed by atoms with E-state index < -0.39 is 10.3 Å². The Kier molecular flexibility index (Phi) is 10.5. The van der Waals surface area contributed by atoms with Crippen LogP contribution in [0.25, 0.3) is 0 Å². The maximum absolute atomic E-state index is 9.92. The molecule has 13 heavy (non-hydrogen) atoms. The number of carbonyl (C=O) groups excluding carboxylic acids is 2. The standard InChI is InChI=1S/C4H7NO2.H3NO3S.H3N/c1-3(6)5-4(2)7;1-5(2,3)4;/h1-2H3,(H,5,6,7);(H3,1,2,3,4);1H3. The van der Waals surface area contributed by atoms with Crippen molar-refractivity contribution < 1.29 is 22.6 Å². The van der Waals surface area contributed by atoms with Gasteiger partial charge in [-0.25, -0.2) is 5.14 Å². The molecule has 0 saturated heterocycles. The molecule has 0 aromatic heterocycles. The maximum atomic E-state index is 9.92. The lowest BCUT2D eigenvalue weighted by Crippen LogP contribution is -2.24. The summed E-state index contributed by atoms with van der Waals surface area (Å²) in [5.74, 6) is -0.625. The van der Waals surface area contributed by atoms with E-state index in [0.29, 0.717) is 0 Å². The molecule has 0 atom stereocenters. The number of amides is 2. The number of nitrogens with two attached hydrogens (primary N) is 1. The first-order chi connectivity index (χ1) is 5.13. The van der Waals surface area contributed by atoms with Crippen LogP contribution in [-0.2, 0) is 19.9 Å². The van der Waals surface area contributed by atoms with Gasteiger partial charge in [0.05, 0.1) is 0 Å². The van der Waals surface area contributed by atoms with Crippen LogP contribution in [0.1, 0.15) is 13.8 Å². The van der Waals surface area contributed by atoms with E-state index in [-0.39, 0.29) is 18.0 Å². The summed E-state index contributed by atoms with van der Waals surface area (Å²) in [5.41, 5.74) is 0. The summed E-state index contributed by atoms with van der Waals surface area (Å²) < 4.78 is 25.2. The van der Waals surface area contributed by atoms with Gasteiger partial charge in [0.15, 0.2) is 0 Å². The summed E-state index contributed by atoms with van der Waals surface area (Å²) >= 11 is 0. The molecule has 0 aromatic carbocycles. The predicted octanol–water partition coefficient (Wildman–Crippen LogP) is -1.42. The first kappa shape index (κ1) is 17.9. The first-order valence-electron chi connectivity index (χ1n) is 2.66. The topological polar surface area (TPSA) is 162 Å². The molecule has 7 N–H and O–H groups in total. The molecule has 0 aromatic rings. The van der Waals surface area contributed by atoms with E-state index in [0.717, 1.165) is 0 Å². The minimum absolute atomic E-state index is 0. The number of hydrogen-bond acceptors (Lipinski definition) is 5. The molecule has 0 spiro atoms. The van der Waals surface area contributed by atoms with Crippen molar-refractivity contribution in [2.75, 3.05) is 0 Å². The van der Waals surface area contributed by atoms with Crippen molar-refractivity contribution in [2.24, 2.45) is 5.14 Å².